The van der Waals surface area contributed by atoms with E-state index in [-0.39, 0.29) is 5.54 Å². The van der Waals surface area contributed by atoms with Crippen LogP contribution in [0, 0.1) is 10.8 Å². The zero-order chi connectivity index (χ0) is 12.6. The van der Waals surface area contributed by atoms with Gasteiger partial charge in [0.1, 0.15) is 0 Å². The fraction of sp³-hybridized carbons (Fsp3) is 0.846. The monoisotopic (exact) mass is 244 g/mol. The predicted molar refractivity (Wildman–Crippen MR) is 71.1 cm³/mol. The van der Waals surface area contributed by atoms with Crippen molar-refractivity contribution in [2.75, 3.05) is 7.05 Å². The minimum absolute atomic E-state index is 0.0816. The van der Waals surface area contributed by atoms with Crippen LogP contribution < -0.4 is 5.43 Å². The Labute approximate surface area is 105 Å². The van der Waals surface area contributed by atoms with Crippen molar-refractivity contribution in [2.24, 2.45) is 10.8 Å². The lowest BCUT2D eigenvalue weighted by Gasteiger charge is -2.51. The van der Waals surface area contributed by atoms with Gasteiger partial charge in [-0.25, -0.2) is 5.43 Å². The number of hydrogen-bond donors (Lipinski definition) is 1. The lowest BCUT2D eigenvalue weighted by molar-refractivity contribution is 0.0315. The number of rotatable bonds is 3. The van der Waals surface area contributed by atoms with Gasteiger partial charge in [0, 0.05) is 7.05 Å². The van der Waals surface area contributed by atoms with Gasteiger partial charge in [-0.15, -0.1) is 6.58 Å². The summed E-state index contributed by atoms with van der Waals surface area (Å²) >= 11 is 5.94. The largest absolute Gasteiger partial charge is 0.231 e. The first-order valence-electron chi connectivity index (χ1n) is 5.91. The molecule has 0 aromatic carbocycles. The molecule has 0 heterocycles. The Morgan fingerprint density at radius 2 is 1.56 bits per heavy atom. The Morgan fingerprint density at radius 1 is 1.12 bits per heavy atom. The molecule has 0 radical (unpaired) electrons. The highest BCUT2D eigenvalue weighted by atomic mass is 35.5. The van der Waals surface area contributed by atoms with Crippen LogP contribution in [0.2, 0.25) is 0 Å². The highest BCUT2D eigenvalue weighted by Crippen LogP contribution is 2.50. The van der Waals surface area contributed by atoms with Crippen molar-refractivity contribution >= 4 is 11.8 Å². The number of hydrogen-bond acceptors (Lipinski definition) is 2. The summed E-state index contributed by atoms with van der Waals surface area (Å²) in [4.78, 5) is 0. The van der Waals surface area contributed by atoms with Gasteiger partial charge in [0.15, 0.2) is 0 Å². The Balaban J connectivity index is 2.96. The van der Waals surface area contributed by atoms with Crippen LogP contribution in [-0.4, -0.2) is 17.1 Å². The van der Waals surface area contributed by atoms with Crippen molar-refractivity contribution in [3.05, 3.63) is 12.7 Å². The third kappa shape index (κ3) is 3.47. The summed E-state index contributed by atoms with van der Waals surface area (Å²) in [6.45, 7) is 13.3. The van der Waals surface area contributed by atoms with Crippen LogP contribution >= 0.6 is 11.8 Å². The van der Waals surface area contributed by atoms with Crippen LogP contribution in [0.4, 0.5) is 0 Å². The summed E-state index contributed by atoms with van der Waals surface area (Å²) in [5.74, 6) is 0. The number of halogens is 1. The summed E-state index contributed by atoms with van der Waals surface area (Å²) in [6, 6.07) is 0. The van der Waals surface area contributed by atoms with E-state index in [2.05, 4.69) is 39.7 Å². The summed E-state index contributed by atoms with van der Waals surface area (Å²) in [5.41, 5.74) is 3.89. The molecule has 16 heavy (non-hydrogen) atoms. The Morgan fingerprint density at radius 3 is 1.88 bits per heavy atom. The maximum absolute atomic E-state index is 5.94. The van der Waals surface area contributed by atoms with Crippen molar-refractivity contribution in [3.63, 3.8) is 0 Å². The SMILES string of the molecule is C=CC1(NN(C)Cl)CC(C)(C)CC(C)(C)C1. The summed E-state index contributed by atoms with van der Waals surface area (Å²) in [7, 11) is 1.82. The second-order valence-corrected chi connectivity index (χ2v) is 7.32. The quantitative estimate of drug-likeness (QED) is 0.462. The molecule has 1 rings (SSSR count). The molecule has 94 valence electrons. The number of nitrogens with one attached hydrogen (secondary N) is 1. The van der Waals surface area contributed by atoms with Crippen LogP contribution in [0.25, 0.3) is 0 Å². The zero-order valence-electron chi connectivity index (χ0n) is 11.2. The van der Waals surface area contributed by atoms with E-state index >= 15 is 0 Å². The van der Waals surface area contributed by atoms with E-state index in [1.165, 1.54) is 10.9 Å². The molecule has 0 amide bonds. The lowest BCUT2D eigenvalue weighted by atomic mass is 9.58. The fourth-order valence-electron chi connectivity index (χ4n) is 3.77. The van der Waals surface area contributed by atoms with Gasteiger partial charge in [0.25, 0.3) is 0 Å². The molecule has 0 spiro atoms. The first-order chi connectivity index (χ1) is 7.10. The number of nitrogens with zero attached hydrogens (tertiary/aromatic N) is 1. The van der Waals surface area contributed by atoms with Gasteiger partial charge in [-0.3, -0.25) is 0 Å². The first kappa shape index (κ1) is 14.0. The van der Waals surface area contributed by atoms with Gasteiger partial charge >= 0.3 is 0 Å². The molecular formula is C13H25ClN2. The van der Waals surface area contributed by atoms with Crippen LogP contribution in [0.15, 0.2) is 12.7 Å². The zero-order valence-corrected chi connectivity index (χ0v) is 12.0. The molecule has 1 fully saturated rings. The first-order valence-corrected chi connectivity index (χ1v) is 6.25. The second-order valence-electron chi connectivity index (χ2n) is 6.81. The fourth-order valence-corrected chi connectivity index (χ4v) is 3.94. The molecule has 1 N–H and O–H groups in total. The number of hydrazine groups is 1. The van der Waals surface area contributed by atoms with Gasteiger partial charge in [-0.05, 0) is 41.9 Å². The van der Waals surface area contributed by atoms with Crippen LogP contribution in [0.5, 0.6) is 0 Å². The van der Waals surface area contributed by atoms with Gasteiger partial charge in [0.05, 0.1) is 5.54 Å². The third-order valence-corrected chi connectivity index (χ3v) is 3.40. The molecule has 1 aliphatic rings. The Kier molecular flexibility index (Phi) is 3.78. The molecule has 0 unspecified atom stereocenters. The summed E-state index contributed by atoms with van der Waals surface area (Å²) < 4.78 is 1.53. The van der Waals surface area contributed by atoms with E-state index in [9.17, 15) is 0 Å². The molecule has 2 nitrogen and oxygen atoms in total. The van der Waals surface area contributed by atoms with E-state index in [0.717, 1.165) is 12.8 Å². The summed E-state index contributed by atoms with van der Waals surface area (Å²) in [6.07, 6.45) is 5.41. The van der Waals surface area contributed by atoms with Crippen LogP contribution in [0.3, 0.4) is 0 Å². The third-order valence-electron chi connectivity index (χ3n) is 3.31. The molecule has 0 saturated heterocycles. The van der Waals surface area contributed by atoms with Gasteiger partial charge in [-0.2, -0.15) is 4.53 Å². The maximum Gasteiger partial charge on any atom is 0.0525 e. The Hall–Kier alpha value is -0.0500. The second kappa shape index (κ2) is 4.32. The van der Waals surface area contributed by atoms with Gasteiger partial charge in [-0.1, -0.05) is 33.8 Å². The normalized spacial score (nSPS) is 26.7. The van der Waals surface area contributed by atoms with E-state index in [1.54, 1.807) is 0 Å². The standard InChI is InChI=1S/C13H25ClN2/c1-7-13(15-16(6)14)9-11(2,3)8-12(4,5)10-13/h7,15H,1,8-10H2,2-6H3. The Bertz CT molecular complexity index is 253. The van der Waals surface area contributed by atoms with E-state index < -0.39 is 0 Å². The smallest absolute Gasteiger partial charge is 0.0525 e. The molecule has 0 atom stereocenters. The van der Waals surface area contributed by atoms with E-state index in [4.69, 9.17) is 11.8 Å². The minimum atomic E-state index is -0.0816. The summed E-state index contributed by atoms with van der Waals surface area (Å²) in [5, 5.41) is 0. The van der Waals surface area contributed by atoms with Crippen molar-refractivity contribution in [1.82, 2.24) is 9.95 Å². The minimum Gasteiger partial charge on any atom is -0.231 e. The maximum atomic E-state index is 5.94. The molecular weight excluding hydrogens is 220 g/mol. The molecule has 0 aromatic heterocycles. The average Bonchev–Trinajstić information content (AvgIpc) is 1.96. The molecule has 0 aromatic rings. The van der Waals surface area contributed by atoms with E-state index in [0.29, 0.717) is 10.8 Å². The van der Waals surface area contributed by atoms with Crippen LogP contribution in [0.1, 0.15) is 47.0 Å². The van der Waals surface area contributed by atoms with Crippen molar-refractivity contribution < 1.29 is 0 Å². The molecule has 0 aliphatic heterocycles. The molecule has 1 saturated carbocycles. The molecule has 0 bridgehead atoms. The van der Waals surface area contributed by atoms with E-state index in [1.807, 2.05) is 13.1 Å². The van der Waals surface area contributed by atoms with Crippen molar-refractivity contribution in [2.45, 2.75) is 52.5 Å². The van der Waals surface area contributed by atoms with Crippen molar-refractivity contribution in [3.8, 4) is 0 Å². The lowest BCUT2D eigenvalue weighted by Crippen LogP contribution is -2.56. The molecule has 3 heteroatoms. The highest BCUT2D eigenvalue weighted by Gasteiger charge is 2.46. The highest BCUT2D eigenvalue weighted by molar-refractivity contribution is 6.12. The van der Waals surface area contributed by atoms with Gasteiger partial charge in [0.2, 0.25) is 0 Å². The molecule has 1 aliphatic carbocycles. The topological polar surface area (TPSA) is 15.3 Å². The predicted octanol–water partition coefficient (Wildman–Crippen LogP) is 3.74. The van der Waals surface area contributed by atoms with Gasteiger partial charge < -0.3 is 0 Å². The van der Waals surface area contributed by atoms with Crippen LogP contribution in [-0.2, 0) is 0 Å². The van der Waals surface area contributed by atoms with Crippen molar-refractivity contribution in [1.29, 1.82) is 0 Å². The average molecular weight is 245 g/mol.